The minimum Gasteiger partial charge on any atom is -0.481 e. The summed E-state index contributed by atoms with van der Waals surface area (Å²) < 4.78 is 0. The molecule has 1 aliphatic carbocycles. The number of amides is 2. The number of carbonyl (C=O) groups excluding carboxylic acids is 2. The van der Waals surface area contributed by atoms with Gasteiger partial charge in [-0.1, -0.05) is 17.7 Å². The highest BCUT2D eigenvalue weighted by Gasteiger charge is 2.32. The van der Waals surface area contributed by atoms with Gasteiger partial charge < -0.3 is 20.6 Å². The molecule has 3 N–H and O–H groups in total. The summed E-state index contributed by atoms with van der Waals surface area (Å²) >= 11 is 0. The first-order valence-corrected chi connectivity index (χ1v) is 10.5. The lowest BCUT2D eigenvalue weighted by molar-refractivity contribution is -0.141. The highest BCUT2D eigenvalue weighted by molar-refractivity contribution is 5.97. The second kappa shape index (κ2) is 9.76. The molecular formula is C22H31N3O4. The van der Waals surface area contributed by atoms with Crippen molar-refractivity contribution < 1.29 is 19.5 Å². The van der Waals surface area contributed by atoms with Gasteiger partial charge in [-0.05, 0) is 56.1 Å². The van der Waals surface area contributed by atoms with Crippen LogP contribution in [-0.4, -0.2) is 54.0 Å². The predicted molar refractivity (Wildman–Crippen MR) is 110 cm³/mol. The van der Waals surface area contributed by atoms with Crippen LogP contribution >= 0.6 is 0 Å². The molecule has 0 unspecified atom stereocenters. The monoisotopic (exact) mass is 401 g/mol. The zero-order chi connectivity index (χ0) is 20.8. The first-order chi connectivity index (χ1) is 13.9. The molecule has 0 bridgehead atoms. The fraction of sp³-hybridized carbons (Fsp3) is 0.591. The van der Waals surface area contributed by atoms with Crippen molar-refractivity contribution in [2.75, 3.05) is 26.2 Å². The lowest BCUT2D eigenvalue weighted by Gasteiger charge is -2.40. The Kier molecular flexibility index (Phi) is 7.12. The number of hydrogen-bond donors (Lipinski definition) is 3. The van der Waals surface area contributed by atoms with Crippen molar-refractivity contribution in [3.05, 3.63) is 34.6 Å². The van der Waals surface area contributed by atoms with Crippen LogP contribution in [0.5, 0.6) is 0 Å². The van der Waals surface area contributed by atoms with Gasteiger partial charge in [0.15, 0.2) is 0 Å². The minimum absolute atomic E-state index is 0.0531. The standard InChI is InChI=1S/C22H31N3O4/c1-15-4-7-19-17(3-2-9-23-19)5-6-18(15)11-16-13-25(14-16)21(27)12-20(26)24-10-8-22(28)29/h5-6,16,23H,2-4,7-14H2,1H3,(H,24,26)(H,28,29)/b6-5-,18-15-. The Bertz CT molecular complexity index is 760. The number of hydrogen-bond acceptors (Lipinski definition) is 4. The van der Waals surface area contributed by atoms with E-state index in [0.717, 1.165) is 32.2 Å². The van der Waals surface area contributed by atoms with Crippen LogP contribution in [-0.2, 0) is 14.4 Å². The molecule has 29 heavy (non-hydrogen) atoms. The lowest BCUT2D eigenvalue weighted by Crippen LogP contribution is -2.51. The van der Waals surface area contributed by atoms with E-state index in [0.29, 0.717) is 19.0 Å². The summed E-state index contributed by atoms with van der Waals surface area (Å²) in [5.41, 5.74) is 5.63. The van der Waals surface area contributed by atoms with Gasteiger partial charge in [0.2, 0.25) is 11.8 Å². The third-order valence-corrected chi connectivity index (χ3v) is 5.92. The number of rotatable bonds is 7. The summed E-state index contributed by atoms with van der Waals surface area (Å²) in [5.74, 6) is -1.13. The van der Waals surface area contributed by atoms with Crippen LogP contribution in [0.15, 0.2) is 34.6 Å². The Morgan fingerprint density at radius 2 is 2.00 bits per heavy atom. The summed E-state index contributed by atoms with van der Waals surface area (Å²) in [5, 5.41) is 14.6. The van der Waals surface area contributed by atoms with Gasteiger partial charge in [0.25, 0.3) is 0 Å². The van der Waals surface area contributed by atoms with Crippen LogP contribution < -0.4 is 10.6 Å². The van der Waals surface area contributed by atoms with Crippen molar-refractivity contribution in [2.24, 2.45) is 5.92 Å². The fourth-order valence-electron chi connectivity index (χ4n) is 4.11. The Balaban J connectivity index is 1.44. The number of aliphatic carboxylic acids is 1. The third kappa shape index (κ3) is 5.95. The molecule has 7 nitrogen and oxygen atoms in total. The number of likely N-dealkylation sites (tertiary alicyclic amines) is 1. The molecule has 1 fully saturated rings. The second-order valence-electron chi connectivity index (χ2n) is 8.21. The van der Waals surface area contributed by atoms with E-state index in [1.165, 1.54) is 28.8 Å². The average Bonchev–Trinajstić information content (AvgIpc) is 2.63. The molecule has 2 heterocycles. The first-order valence-electron chi connectivity index (χ1n) is 10.5. The van der Waals surface area contributed by atoms with E-state index in [1.54, 1.807) is 4.90 Å². The van der Waals surface area contributed by atoms with Gasteiger partial charge in [-0.2, -0.15) is 0 Å². The number of carbonyl (C=O) groups is 3. The molecule has 3 rings (SSSR count). The molecule has 0 atom stereocenters. The molecule has 0 radical (unpaired) electrons. The largest absolute Gasteiger partial charge is 0.481 e. The smallest absolute Gasteiger partial charge is 0.305 e. The van der Waals surface area contributed by atoms with E-state index in [9.17, 15) is 14.4 Å². The van der Waals surface area contributed by atoms with Gasteiger partial charge in [0, 0.05) is 31.9 Å². The summed E-state index contributed by atoms with van der Waals surface area (Å²) in [4.78, 5) is 36.1. The SMILES string of the molecule is C/C1=C(CC2CN(C(=O)CC(=O)NCCC(=O)O)C2)\C=C/C2=C(CC1)NCCC2. The third-order valence-electron chi connectivity index (χ3n) is 5.92. The molecular weight excluding hydrogens is 370 g/mol. The quantitative estimate of drug-likeness (QED) is 0.568. The van der Waals surface area contributed by atoms with Crippen molar-refractivity contribution in [3.63, 3.8) is 0 Å². The number of carboxylic acid groups (broad SMARTS) is 1. The maximum absolute atomic E-state index is 12.2. The van der Waals surface area contributed by atoms with Crippen molar-refractivity contribution in [3.8, 4) is 0 Å². The molecule has 0 spiro atoms. The highest BCUT2D eigenvalue weighted by atomic mass is 16.4. The van der Waals surface area contributed by atoms with Crippen LogP contribution in [0, 0.1) is 5.92 Å². The lowest BCUT2D eigenvalue weighted by atomic mass is 9.86. The molecule has 2 amide bonds. The fourth-order valence-corrected chi connectivity index (χ4v) is 4.11. The molecule has 0 aromatic rings. The van der Waals surface area contributed by atoms with E-state index in [4.69, 9.17) is 5.11 Å². The van der Waals surface area contributed by atoms with Crippen LogP contribution in [0.25, 0.3) is 0 Å². The van der Waals surface area contributed by atoms with Crippen LogP contribution in [0.2, 0.25) is 0 Å². The van der Waals surface area contributed by atoms with Crippen LogP contribution in [0.1, 0.15) is 51.9 Å². The van der Waals surface area contributed by atoms with Crippen molar-refractivity contribution >= 4 is 17.8 Å². The summed E-state index contributed by atoms with van der Waals surface area (Å²) in [7, 11) is 0. The zero-order valence-electron chi connectivity index (χ0n) is 17.1. The van der Waals surface area contributed by atoms with Crippen LogP contribution in [0.3, 0.4) is 0 Å². The summed E-state index contributed by atoms with van der Waals surface area (Å²) in [6, 6.07) is 0. The van der Waals surface area contributed by atoms with Crippen LogP contribution in [0.4, 0.5) is 0 Å². The molecule has 0 aromatic carbocycles. The molecule has 0 aromatic heterocycles. The Hall–Kier alpha value is -2.57. The van der Waals surface area contributed by atoms with E-state index >= 15 is 0 Å². The van der Waals surface area contributed by atoms with Crippen molar-refractivity contribution in [1.82, 2.24) is 15.5 Å². The van der Waals surface area contributed by atoms with Gasteiger partial charge in [-0.3, -0.25) is 14.4 Å². The number of nitrogens with zero attached hydrogens (tertiary/aromatic N) is 1. The zero-order valence-corrected chi connectivity index (χ0v) is 17.1. The number of allylic oxidation sites excluding steroid dienone is 6. The number of nitrogens with one attached hydrogen (secondary N) is 2. The number of carboxylic acids is 1. The molecule has 7 heteroatoms. The normalized spacial score (nSPS) is 23.3. The average molecular weight is 402 g/mol. The van der Waals surface area contributed by atoms with Crippen molar-refractivity contribution in [2.45, 2.75) is 51.9 Å². The maximum atomic E-state index is 12.2. The van der Waals surface area contributed by atoms with Gasteiger partial charge in [0.05, 0.1) is 6.42 Å². The molecule has 2 aliphatic heterocycles. The summed E-state index contributed by atoms with van der Waals surface area (Å²) in [6.07, 6.45) is 9.61. The van der Waals surface area contributed by atoms with Gasteiger partial charge in [-0.15, -0.1) is 0 Å². The second-order valence-corrected chi connectivity index (χ2v) is 8.21. The predicted octanol–water partition coefficient (Wildman–Crippen LogP) is 2.12. The minimum atomic E-state index is -0.970. The highest BCUT2D eigenvalue weighted by Crippen LogP contribution is 2.31. The first kappa shape index (κ1) is 21.1. The van der Waals surface area contributed by atoms with Gasteiger partial charge in [-0.25, -0.2) is 0 Å². The van der Waals surface area contributed by atoms with Crippen molar-refractivity contribution in [1.29, 1.82) is 0 Å². The maximum Gasteiger partial charge on any atom is 0.305 e. The molecule has 3 aliphatic rings. The topological polar surface area (TPSA) is 98.7 Å². The Morgan fingerprint density at radius 1 is 1.21 bits per heavy atom. The van der Waals surface area contributed by atoms with E-state index in [1.807, 2.05) is 0 Å². The molecule has 1 saturated heterocycles. The van der Waals surface area contributed by atoms with E-state index in [-0.39, 0.29) is 25.3 Å². The molecule has 0 saturated carbocycles. The Labute approximate surface area is 171 Å². The Morgan fingerprint density at radius 3 is 2.76 bits per heavy atom. The van der Waals surface area contributed by atoms with Gasteiger partial charge >= 0.3 is 5.97 Å². The van der Waals surface area contributed by atoms with E-state index < -0.39 is 11.9 Å². The van der Waals surface area contributed by atoms with E-state index in [2.05, 4.69) is 29.7 Å². The summed E-state index contributed by atoms with van der Waals surface area (Å²) in [6.45, 7) is 4.70. The van der Waals surface area contributed by atoms with Gasteiger partial charge in [0.1, 0.15) is 6.42 Å². The molecule has 158 valence electrons.